The second-order valence-electron chi connectivity index (χ2n) is 8.83. The Morgan fingerprint density at radius 1 is 0.703 bits per heavy atom. The minimum absolute atomic E-state index is 0.187. The van der Waals surface area contributed by atoms with Gasteiger partial charge in [0.05, 0.1) is 30.3 Å². The Bertz CT molecular complexity index is 1290. The molecule has 6 heteroatoms. The molecule has 0 aromatic heterocycles. The number of fused-ring (bicyclic) bond motifs is 1. The van der Waals surface area contributed by atoms with Crippen molar-refractivity contribution in [3.63, 3.8) is 0 Å². The van der Waals surface area contributed by atoms with Gasteiger partial charge in [0.2, 0.25) is 0 Å². The molecule has 0 aliphatic carbocycles. The Balaban J connectivity index is 1.64. The van der Waals surface area contributed by atoms with E-state index in [9.17, 15) is 14.4 Å². The summed E-state index contributed by atoms with van der Waals surface area (Å²) in [4.78, 5) is 40.6. The fourth-order valence-corrected chi connectivity index (χ4v) is 4.98. The second-order valence-corrected chi connectivity index (χ2v) is 8.83. The smallest absolute Gasteiger partial charge is 0.324 e. The minimum Gasteiger partial charge on any atom is -0.468 e. The summed E-state index contributed by atoms with van der Waals surface area (Å²) in [7, 11) is 1.30. The maximum atomic E-state index is 13.2. The molecule has 5 rings (SSSR count). The van der Waals surface area contributed by atoms with Crippen molar-refractivity contribution in [2.45, 2.75) is 11.6 Å². The first-order chi connectivity index (χ1) is 18.1. The number of benzene rings is 4. The van der Waals surface area contributed by atoms with Crippen LogP contribution in [0, 0.1) is 0 Å². The fraction of sp³-hybridized carbons (Fsp3) is 0.129. The number of carbonyl (C=O) groups excluding carboxylic acids is 3. The molecule has 1 aliphatic rings. The largest absolute Gasteiger partial charge is 0.468 e. The molecular weight excluding hydrogens is 464 g/mol. The molecule has 1 atom stereocenters. The van der Waals surface area contributed by atoms with Gasteiger partial charge in [-0.25, -0.2) is 0 Å². The first-order valence-corrected chi connectivity index (χ1v) is 12.0. The van der Waals surface area contributed by atoms with Gasteiger partial charge in [-0.15, -0.1) is 0 Å². The quantitative estimate of drug-likeness (QED) is 0.225. The molecule has 6 nitrogen and oxygen atoms in total. The molecule has 1 aliphatic heterocycles. The lowest BCUT2D eigenvalue weighted by Crippen LogP contribution is -2.57. The van der Waals surface area contributed by atoms with E-state index in [1.165, 1.54) is 7.11 Å². The summed E-state index contributed by atoms with van der Waals surface area (Å²) in [6, 6.07) is 35.0. The molecule has 37 heavy (non-hydrogen) atoms. The number of esters is 1. The zero-order valence-electron chi connectivity index (χ0n) is 20.3. The average Bonchev–Trinajstić information content (AvgIpc) is 3.21. The fourth-order valence-electron chi connectivity index (χ4n) is 4.98. The van der Waals surface area contributed by atoms with Gasteiger partial charge >= 0.3 is 5.97 Å². The number of nitrogens with zero attached hydrogens (tertiary/aromatic N) is 1. The molecule has 4 aromatic rings. The molecule has 0 saturated heterocycles. The summed E-state index contributed by atoms with van der Waals surface area (Å²) in [6.45, 7) is -0.187. The average molecular weight is 491 g/mol. The lowest BCUT2D eigenvalue weighted by molar-refractivity contribution is -0.143. The molecule has 1 heterocycles. The van der Waals surface area contributed by atoms with Gasteiger partial charge in [0.1, 0.15) is 6.04 Å². The SMILES string of the molecule is COC(=O)[C@H](CN1C(=O)c2ccccc2C1=O)NC(c1ccccc1)(c1ccccc1)c1ccccc1. The van der Waals surface area contributed by atoms with E-state index in [1.807, 2.05) is 91.0 Å². The van der Waals surface area contributed by atoms with Gasteiger partial charge in [0.25, 0.3) is 11.8 Å². The van der Waals surface area contributed by atoms with Crippen LogP contribution in [0.25, 0.3) is 0 Å². The lowest BCUT2D eigenvalue weighted by atomic mass is 9.76. The van der Waals surface area contributed by atoms with E-state index in [4.69, 9.17) is 4.74 Å². The van der Waals surface area contributed by atoms with E-state index < -0.39 is 29.4 Å². The molecule has 0 radical (unpaired) electrons. The van der Waals surface area contributed by atoms with Crippen molar-refractivity contribution in [1.29, 1.82) is 0 Å². The third kappa shape index (κ3) is 4.32. The predicted molar refractivity (Wildman–Crippen MR) is 140 cm³/mol. The second kappa shape index (κ2) is 10.2. The summed E-state index contributed by atoms with van der Waals surface area (Å²) < 4.78 is 5.17. The van der Waals surface area contributed by atoms with Crippen LogP contribution in [0.5, 0.6) is 0 Å². The van der Waals surface area contributed by atoms with Crippen LogP contribution in [-0.4, -0.2) is 42.4 Å². The number of hydrogen-bond donors (Lipinski definition) is 1. The number of rotatable bonds is 8. The number of carbonyl (C=O) groups is 3. The van der Waals surface area contributed by atoms with Crippen LogP contribution in [0.1, 0.15) is 37.4 Å². The van der Waals surface area contributed by atoms with Crippen LogP contribution in [0.15, 0.2) is 115 Å². The molecule has 1 N–H and O–H groups in total. The maximum absolute atomic E-state index is 13.2. The first-order valence-electron chi connectivity index (χ1n) is 12.0. The first kappa shape index (κ1) is 24.2. The Kier molecular flexibility index (Phi) is 6.66. The van der Waals surface area contributed by atoms with Crippen LogP contribution in [0.4, 0.5) is 0 Å². The van der Waals surface area contributed by atoms with E-state index in [1.54, 1.807) is 24.3 Å². The minimum atomic E-state index is -1.02. The molecule has 0 bridgehead atoms. The van der Waals surface area contributed by atoms with E-state index in [0.717, 1.165) is 21.6 Å². The van der Waals surface area contributed by atoms with Crippen molar-refractivity contribution in [2.24, 2.45) is 0 Å². The van der Waals surface area contributed by atoms with E-state index in [2.05, 4.69) is 5.32 Å². The van der Waals surface area contributed by atoms with E-state index in [-0.39, 0.29) is 6.54 Å². The topological polar surface area (TPSA) is 75.7 Å². The molecule has 0 saturated carbocycles. The van der Waals surface area contributed by atoms with Crippen LogP contribution in [-0.2, 0) is 15.1 Å². The normalized spacial score (nSPS) is 13.8. The van der Waals surface area contributed by atoms with Crippen LogP contribution < -0.4 is 5.32 Å². The Morgan fingerprint density at radius 2 is 1.08 bits per heavy atom. The number of methoxy groups -OCH3 is 1. The van der Waals surface area contributed by atoms with Crippen LogP contribution >= 0.6 is 0 Å². The highest BCUT2D eigenvalue weighted by Gasteiger charge is 2.43. The zero-order chi connectivity index (χ0) is 25.8. The summed E-state index contributed by atoms with van der Waals surface area (Å²) >= 11 is 0. The Hall–Kier alpha value is -4.55. The van der Waals surface area contributed by atoms with E-state index in [0.29, 0.717) is 11.1 Å². The molecule has 184 valence electrons. The number of hydrogen-bond acceptors (Lipinski definition) is 5. The standard InChI is InChI=1S/C31H26N2O4/c1-37-30(36)27(21-33-28(34)25-19-11-12-20-26(25)29(33)35)32-31(22-13-5-2-6-14-22,23-15-7-3-8-16-23)24-17-9-4-10-18-24/h2-20,27,32H,21H2,1H3/t27-/m0/s1. The summed E-state index contributed by atoms with van der Waals surface area (Å²) in [5.74, 6) is -1.44. The van der Waals surface area contributed by atoms with Gasteiger partial charge in [-0.2, -0.15) is 0 Å². The highest BCUT2D eigenvalue weighted by molar-refractivity contribution is 6.21. The summed E-state index contributed by atoms with van der Waals surface area (Å²) in [6.07, 6.45) is 0. The predicted octanol–water partition coefficient (Wildman–Crippen LogP) is 4.41. The molecule has 0 unspecified atom stereocenters. The third-order valence-electron chi connectivity index (χ3n) is 6.74. The van der Waals surface area contributed by atoms with Crippen molar-refractivity contribution in [3.05, 3.63) is 143 Å². The summed E-state index contributed by atoms with van der Waals surface area (Å²) in [5, 5.41) is 3.54. The number of nitrogens with one attached hydrogen (secondary N) is 1. The number of amides is 2. The van der Waals surface area contributed by atoms with Crippen molar-refractivity contribution in [1.82, 2.24) is 10.2 Å². The third-order valence-corrected chi connectivity index (χ3v) is 6.74. The van der Waals surface area contributed by atoms with Gasteiger partial charge < -0.3 is 4.74 Å². The van der Waals surface area contributed by atoms with E-state index >= 15 is 0 Å². The van der Waals surface area contributed by atoms with Crippen molar-refractivity contribution in [3.8, 4) is 0 Å². The highest BCUT2D eigenvalue weighted by Crippen LogP contribution is 2.37. The molecule has 0 fully saturated rings. The summed E-state index contributed by atoms with van der Waals surface area (Å²) in [5.41, 5.74) is 2.35. The van der Waals surface area contributed by atoms with Gasteiger partial charge in [-0.1, -0.05) is 103 Å². The van der Waals surface area contributed by atoms with Crippen LogP contribution in [0.2, 0.25) is 0 Å². The lowest BCUT2D eigenvalue weighted by Gasteiger charge is -2.40. The molecular formula is C31H26N2O4. The number of ether oxygens (including phenoxy) is 1. The monoisotopic (exact) mass is 490 g/mol. The molecule has 4 aromatic carbocycles. The van der Waals surface area contributed by atoms with Crippen molar-refractivity contribution in [2.75, 3.05) is 13.7 Å². The Labute approximate surface area is 215 Å². The number of imide groups is 1. The molecule has 0 spiro atoms. The maximum Gasteiger partial charge on any atom is 0.324 e. The Morgan fingerprint density at radius 3 is 1.46 bits per heavy atom. The van der Waals surface area contributed by atoms with Crippen LogP contribution in [0.3, 0.4) is 0 Å². The van der Waals surface area contributed by atoms with Gasteiger partial charge in [-0.3, -0.25) is 24.6 Å². The van der Waals surface area contributed by atoms with Gasteiger partial charge in [0, 0.05) is 0 Å². The van der Waals surface area contributed by atoms with Gasteiger partial charge in [0.15, 0.2) is 0 Å². The van der Waals surface area contributed by atoms with Gasteiger partial charge in [-0.05, 0) is 28.8 Å². The van der Waals surface area contributed by atoms with Crippen molar-refractivity contribution >= 4 is 17.8 Å². The molecule has 2 amide bonds. The zero-order valence-corrected chi connectivity index (χ0v) is 20.3. The van der Waals surface area contributed by atoms with Crippen molar-refractivity contribution < 1.29 is 19.1 Å². The highest BCUT2D eigenvalue weighted by atomic mass is 16.5.